The lowest BCUT2D eigenvalue weighted by Gasteiger charge is -2.13. The van der Waals surface area contributed by atoms with Crippen molar-refractivity contribution >= 4 is 35.3 Å². The molecule has 142 valence electrons. The maximum Gasteiger partial charge on any atom is 0.329 e. The molecule has 0 spiro atoms. The Kier molecular flexibility index (Phi) is 7.37. The second-order valence-corrected chi connectivity index (χ2v) is 6.13. The van der Waals surface area contributed by atoms with Gasteiger partial charge >= 0.3 is 11.8 Å². The minimum Gasteiger partial charge on any atom is -0.496 e. The van der Waals surface area contributed by atoms with Gasteiger partial charge in [0, 0.05) is 16.3 Å². The fourth-order valence-corrected chi connectivity index (χ4v) is 2.77. The van der Waals surface area contributed by atoms with Crippen molar-refractivity contribution in [3.8, 4) is 5.75 Å². The van der Waals surface area contributed by atoms with E-state index in [0.717, 1.165) is 24.0 Å². The first-order valence-electron chi connectivity index (χ1n) is 8.58. The zero-order chi connectivity index (χ0) is 19.8. The molecule has 0 fully saturated rings. The average molecular weight is 388 g/mol. The number of rotatable bonds is 6. The SMILES string of the molecule is CCc1cccc(CC)c1NC(=O)C(=O)N/N=C\c1cc(Cl)ccc1OC. The van der Waals surface area contributed by atoms with Crippen LogP contribution in [0, 0.1) is 0 Å². The molecule has 0 saturated carbocycles. The van der Waals surface area contributed by atoms with Gasteiger partial charge in [0.25, 0.3) is 0 Å². The summed E-state index contributed by atoms with van der Waals surface area (Å²) in [5, 5.41) is 7.01. The van der Waals surface area contributed by atoms with Gasteiger partial charge in [0.2, 0.25) is 0 Å². The zero-order valence-electron chi connectivity index (χ0n) is 15.5. The van der Waals surface area contributed by atoms with Crippen molar-refractivity contribution in [3.05, 3.63) is 58.1 Å². The number of hydrazone groups is 1. The van der Waals surface area contributed by atoms with Crippen molar-refractivity contribution < 1.29 is 14.3 Å². The molecule has 0 atom stereocenters. The summed E-state index contributed by atoms with van der Waals surface area (Å²) in [5.74, 6) is -1.09. The number of aryl methyl sites for hydroxylation is 2. The Morgan fingerprint density at radius 2 is 1.78 bits per heavy atom. The molecule has 7 heteroatoms. The number of hydrogen-bond donors (Lipinski definition) is 2. The maximum atomic E-state index is 12.2. The third-order valence-electron chi connectivity index (χ3n) is 4.01. The van der Waals surface area contributed by atoms with Gasteiger partial charge in [-0.15, -0.1) is 0 Å². The lowest BCUT2D eigenvalue weighted by Crippen LogP contribution is -2.33. The molecule has 2 amide bonds. The third-order valence-corrected chi connectivity index (χ3v) is 4.24. The van der Waals surface area contributed by atoms with Crippen molar-refractivity contribution in [1.82, 2.24) is 5.43 Å². The summed E-state index contributed by atoms with van der Waals surface area (Å²) in [5.41, 5.74) is 5.43. The Morgan fingerprint density at radius 1 is 1.11 bits per heavy atom. The molecule has 2 rings (SSSR count). The van der Waals surface area contributed by atoms with Gasteiger partial charge in [-0.2, -0.15) is 5.10 Å². The van der Waals surface area contributed by atoms with Gasteiger partial charge in [-0.25, -0.2) is 5.43 Å². The fourth-order valence-electron chi connectivity index (χ4n) is 2.59. The summed E-state index contributed by atoms with van der Waals surface area (Å²) < 4.78 is 5.19. The van der Waals surface area contributed by atoms with E-state index in [1.54, 1.807) is 18.2 Å². The number of anilines is 1. The number of ether oxygens (including phenoxy) is 1. The van der Waals surface area contributed by atoms with Crippen molar-refractivity contribution in [2.24, 2.45) is 5.10 Å². The molecule has 0 aliphatic heterocycles. The number of para-hydroxylation sites is 1. The van der Waals surface area contributed by atoms with Crippen LogP contribution in [0.5, 0.6) is 5.75 Å². The number of halogens is 1. The summed E-state index contributed by atoms with van der Waals surface area (Å²) in [6.45, 7) is 3.99. The Hall–Kier alpha value is -2.86. The van der Waals surface area contributed by atoms with Crippen LogP contribution in [0.4, 0.5) is 5.69 Å². The van der Waals surface area contributed by atoms with Crippen LogP contribution in [0.1, 0.15) is 30.5 Å². The van der Waals surface area contributed by atoms with Crippen LogP contribution >= 0.6 is 11.6 Å². The van der Waals surface area contributed by atoms with Crippen molar-refractivity contribution in [3.63, 3.8) is 0 Å². The number of carbonyl (C=O) groups is 2. The van der Waals surface area contributed by atoms with Crippen LogP contribution in [0.2, 0.25) is 5.02 Å². The molecular weight excluding hydrogens is 366 g/mol. The Morgan fingerprint density at radius 3 is 2.37 bits per heavy atom. The second-order valence-electron chi connectivity index (χ2n) is 5.70. The smallest absolute Gasteiger partial charge is 0.329 e. The van der Waals surface area contributed by atoms with Crippen molar-refractivity contribution in [2.45, 2.75) is 26.7 Å². The minimum absolute atomic E-state index is 0.504. The molecule has 0 aliphatic rings. The molecular formula is C20H22ClN3O3. The van der Waals surface area contributed by atoms with Gasteiger partial charge in [0.15, 0.2) is 0 Å². The van der Waals surface area contributed by atoms with E-state index in [-0.39, 0.29) is 0 Å². The predicted molar refractivity (Wildman–Crippen MR) is 108 cm³/mol. The van der Waals surface area contributed by atoms with E-state index in [0.29, 0.717) is 22.0 Å². The highest BCUT2D eigenvalue weighted by Gasteiger charge is 2.16. The summed E-state index contributed by atoms with van der Waals surface area (Å²) in [6.07, 6.45) is 2.86. The zero-order valence-corrected chi connectivity index (χ0v) is 16.3. The number of nitrogens with one attached hydrogen (secondary N) is 2. The predicted octanol–water partition coefficient (Wildman–Crippen LogP) is 3.56. The van der Waals surface area contributed by atoms with Gasteiger partial charge in [-0.05, 0) is 42.2 Å². The molecule has 0 aliphatic carbocycles. The van der Waals surface area contributed by atoms with E-state index in [2.05, 4.69) is 15.8 Å². The topological polar surface area (TPSA) is 79.8 Å². The van der Waals surface area contributed by atoms with Crippen LogP contribution in [0.25, 0.3) is 0 Å². The number of hydrogen-bond acceptors (Lipinski definition) is 4. The largest absolute Gasteiger partial charge is 0.496 e. The molecule has 0 unspecified atom stereocenters. The normalized spacial score (nSPS) is 10.7. The first-order chi connectivity index (χ1) is 13.0. The third kappa shape index (κ3) is 5.31. The van der Waals surface area contributed by atoms with E-state index in [9.17, 15) is 9.59 Å². The molecule has 0 bridgehead atoms. The summed E-state index contributed by atoms with van der Waals surface area (Å²) in [7, 11) is 1.52. The first-order valence-corrected chi connectivity index (χ1v) is 8.96. The Balaban J connectivity index is 2.07. The van der Waals surface area contributed by atoms with E-state index in [1.165, 1.54) is 13.3 Å². The van der Waals surface area contributed by atoms with Crippen molar-refractivity contribution in [1.29, 1.82) is 0 Å². The molecule has 6 nitrogen and oxygen atoms in total. The second kappa shape index (κ2) is 9.73. The Bertz CT molecular complexity index is 843. The van der Waals surface area contributed by atoms with E-state index < -0.39 is 11.8 Å². The lowest BCUT2D eigenvalue weighted by atomic mass is 10.0. The highest BCUT2D eigenvalue weighted by Crippen LogP contribution is 2.22. The molecule has 2 aromatic carbocycles. The molecule has 0 heterocycles. The standard InChI is InChI=1S/C20H22ClN3O3/c1-4-13-7-6-8-14(5-2)18(13)23-19(25)20(26)24-22-12-15-11-16(21)9-10-17(15)27-3/h6-12H,4-5H2,1-3H3,(H,23,25)(H,24,26)/b22-12-. The quantitative estimate of drug-likeness (QED) is 0.452. The van der Waals surface area contributed by atoms with Crippen molar-refractivity contribution in [2.75, 3.05) is 12.4 Å². The minimum atomic E-state index is -0.861. The number of amides is 2. The molecule has 0 radical (unpaired) electrons. The van der Waals surface area contributed by atoms with Gasteiger partial charge in [0.1, 0.15) is 5.75 Å². The first kappa shape index (κ1) is 20.5. The average Bonchev–Trinajstić information content (AvgIpc) is 2.68. The number of nitrogens with zero attached hydrogens (tertiary/aromatic N) is 1. The summed E-state index contributed by atoms with van der Waals surface area (Å²) >= 11 is 5.94. The van der Waals surface area contributed by atoms with Gasteiger partial charge in [-0.1, -0.05) is 43.6 Å². The number of methoxy groups -OCH3 is 1. The van der Waals surface area contributed by atoms with Crippen LogP contribution in [-0.2, 0) is 22.4 Å². The Labute approximate surface area is 163 Å². The van der Waals surface area contributed by atoms with Gasteiger partial charge in [0.05, 0.1) is 13.3 Å². The monoisotopic (exact) mass is 387 g/mol. The van der Waals surface area contributed by atoms with E-state index in [4.69, 9.17) is 16.3 Å². The van der Waals surface area contributed by atoms with Crippen LogP contribution < -0.4 is 15.5 Å². The van der Waals surface area contributed by atoms with Gasteiger partial charge in [-0.3, -0.25) is 9.59 Å². The summed E-state index contributed by atoms with van der Waals surface area (Å²) in [6, 6.07) is 10.8. The lowest BCUT2D eigenvalue weighted by molar-refractivity contribution is -0.136. The molecule has 0 aromatic heterocycles. The number of benzene rings is 2. The van der Waals surface area contributed by atoms with Crippen LogP contribution in [-0.4, -0.2) is 25.1 Å². The number of carbonyl (C=O) groups excluding carboxylic acids is 2. The molecule has 2 aromatic rings. The van der Waals surface area contributed by atoms with Crippen LogP contribution in [0.15, 0.2) is 41.5 Å². The molecule has 27 heavy (non-hydrogen) atoms. The molecule has 2 N–H and O–H groups in total. The molecule has 0 saturated heterocycles. The highest BCUT2D eigenvalue weighted by atomic mass is 35.5. The summed E-state index contributed by atoms with van der Waals surface area (Å²) in [4.78, 5) is 24.3. The maximum absolute atomic E-state index is 12.2. The fraction of sp³-hybridized carbons (Fsp3) is 0.250. The van der Waals surface area contributed by atoms with Crippen LogP contribution in [0.3, 0.4) is 0 Å². The van der Waals surface area contributed by atoms with E-state index >= 15 is 0 Å². The van der Waals surface area contributed by atoms with Gasteiger partial charge < -0.3 is 10.1 Å². The highest BCUT2D eigenvalue weighted by molar-refractivity contribution is 6.39. The van der Waals surface area contributed by atoms with E-state index in [1.807, 2.05) is 32.0 Å².